The van der Waals surface area contributed by atoms with Crippen molar-refractivity contribution < 1.29 is 32.2 Å². The molecule has 0 unspecified atom stereocenters. The fourth-order valence-corrected chi connectivity index (χ4v) is 1.52. The molecule has 0 atom stereocenters. The van der Waals surface area contributed by atoms with Crippen LogP contribution < -0.4 is 10.6 Å². The van der Waals surface area contributed by atoms with Crippen LogP contribution in [0.25, 0.3) is 0 Å². The lowest BCUT2D eigenvalue weighted by atomic mass is 10.2. The molecule has 1 rings (SSSR count). The van der Waals surface area contributed by atoms with Crippen molar-refractivity contribution in [3.8, 4) is 0 Å². The first kappa shape index (κ1) is 18.9. The minimum Gasteiger partial charge on any atom is -0.382 e. The van der Waals surface area contributed by atoms with E-state index in [4.69, 9.17) is 9.47 Å². The molecule has 0 bridgehead atoms. The summed E-state index contributed by atoms with van der Waals surface area (Å²) >= 11 is 0. The molecule has 0 saturated heterocycles. The molecular weight excluding hydrogens is 317 g/mol. The average Bonchev–Trinajstić information content (AvgIpc) is 2.49. The normalized spacial score (nSPS) is 11.1. The maximum atomic E-state index is 12.1. The molecule has 2 N–H and O–H groups in total. The number of hydrogen-bond donors (Lipinski definition) is 2. The molecule has 128 valence electrons. The number of hydrogen-bond acceptors (Lipinski definition) is 4. The standard InChI is InChI=1S/C14H17F3N2O4/c1-22-5-6-23-8-12(20)19-11-4-2-3-10(7-11)13(21)18-9-14(15,16)17/h2-4,7H,5-6,8-9H2,1H3,(H,18,21)(H,19,20). The van der Waals surface area contributed by atoms with Gasteiger partial charge in [0.25, 0.3) is 5.91 Å². The Balaban J connectivity index is 2.52. The number of carbonyl (C=O) groups excluding carboxylic acids is 2. The molecule has 0 aromatic heterocycles. The summed E-state index contributed by atoms with van der Waals surface area (Å²) < 4.78 is 46.0. The Hall–Kier alpha value is -2.13. The number of anilines is 1. The van der Waals surface area contributed by atoms with Crippen molar-refractivity contribution in [2.75, 3.05) is 38.8 Å². The number of alkyl halides is 3. The molecule has 9 heteroatoms. The summed E-state index contributed by atoms with van der Waals surface area (Å²) in [5.74, 6) is -1.33. The van der Waals surface area contributed by atoms with E-state index in [2.05, 4.69) is 5.32 Å². The third-order valence-electron chi connectivity index (χ3n) is 2.52. The minimum absolute atomic E-state index is 0.00681. The van der Waals surface area contributed by atoms with Gasteiger partial charge in [0, 0.05) is 18.4 Å². The molecule has 0 saturated carbocycles. The van der Waals surface area contributed by atoms with E-state index in [1.54, 1.807) is 5.32 Å². The van der Waals surface area contributed by atoms with Gasteiger partial charge in [0.05, 0.1) is 13.2 Å². The van der Waals surface area contributed by atoms with Crippen LogP contribution in [0.5, 0.6) is 0 Å². The van der Waals surface area contributed by atoms with Gasteiger partial charge in [-0.3, -0.25) is 9.59 Å². The highest BCUT2D eigenvalue weighted by molar-refractivity contribution is 5.97. The van der Waals surface area contributed by atoms with Gasteiger partial charge in [-0.15, -0.1) is 0 Å². The molecule has 23 heavy (non-hydrogen) atoms. The predicted octanol–water partition coefficient (Wildman–Crippen LogP) is 1.58. The third-order valence-corrected chi connectivity index (χ3v) is 2.52. The van der Waals surface area contributed by atoms with E-state index < -0.39 is 24.5 Å². The fraction of sp³-hybridized carbons (Fsp3) is 0.429. The fourth-order valence-electron chi connectivity index (χ4n) is 1.52. The molecule has 6 nitrogen and oxygen atoms in total. The Morgan fingerprint density at radius 1 is 1.22 bits per heavy atom. The molecule has 0 heterocycles. The Labute approximate surface area is 130 Å². The van der Waals surface area contributed by atoms with Gasteiger partial charge < -0.3 is 20.1 Å². The molecule has 0 aliphatic heterocycles. The molecule has 0 radical (unpaired) electrons. The molecule has 1 aromatic rings. The first-order chi connectivity index (χ1) is 10.8. The van der Waals surface area contributed by atoms with Gasteiger partial charge in [-0.25, -0.2) is 0 Å². The Bertz CT molecular complexity index is 535. The highest BCUT2D eigenvalue weighted by Crippen LogP contribution is 2.14. The number of benzene rings is 1. The number of nitrogens with one attached hydrogen (secondary N) is 2. The van der Waals surface area contributed by atoms with E-state index in [1.807, 2.05) is 0 Å². The topological polar surface area (TPSA) is 76.7 Å². The Kier molecular flexibility index (Phi) is 7.49. The summed E-state index contributed by atoms with van der Waals surface area (Å²) in [6, 6.07) is 5.58. The Morgan fingerprint density at radius 3 is 2.61 bits per heavy atom. The van der Waals surface area contributed by atoms with E-state index in [9.17, 15) is 22.8 Å². The van der Waals surface area contributed by atoms with Crippen molar-refractivity contribution in [3.05, 3.63) is 29.8 Å². The van der Waals surface area contributed by atoms with E-state index in [0.717, 1.165) is 0 Å². The van der Waals surface area contributed by atoms with E-state index >= 15 is 0 Å². The second kappa shape index (κ2) is 9.11. The number of methoxy groups -OCH3 is 1. The number of ether oxygens (including phenoxy) is 2. The lowest BCUT2D eigenvalue weighted by molar-refractivity contribution is -0.123. The quantitative estimate of drug-likeness (QED) is 0.708. The summed E-state index contributed by atoms with van der Waals surface area (Å²) in [6.07, 6.45) is -4.49. The second-order valence-corrected chi connectivity index (χ2v) is 4.47. The smallest absolute Gasteiger partial charge is 0.382 e. The van der Waals surface area contributed by atoms with E-state index in [0.29, 0.717) is 6.61 Å². The lowest BCUT2D eigenvalue weighted by Gasteiger charge is -2.10. The summed E-state index contributed by atoms with van der Waals surface area (Å²) in [7, 11) is 1.50. The minimum atomic E-state index is -4.49. The van der Waals surface area contributed by atoms with Crippen LogP contribution in [0.2, 0.25) is 0 Å². The predicted molar refractivity (Wildman–Crippen MR) is 76.2 cm³/mol. The molecule has 0 aliphatic rings. The highest BCUT2D eigenvalue weighted by atomic mass is 19.4. The van der Waals surface area contributed by atoms with Crippen LogP contribution in [0.3, 0.4) is 0 Å². The zero-order chi connectivity index (χ0) is 17.3. The number of amides is 2. The number of carbonyl (C=O) groups is 2. The van der Waals surface area contributed by atoms with Crippen LogP contribution in [0.1, 0.15) is 10.4 Å². The van der Waals surface area contributed by atoms with Gasteiger partial charge in [-0.05, 0) is 18.2 Å². The zero-order valence-electron chi connectivity index (χ0n) is 12.4. The molecule has 1 aromatic carbocycles. The third kappa shape index (κ3) is 8.17. The van der Waals surface area contributed by atoms with Crippen molar-refractivity contribution in [1.29, 1.82) is 0 Å². The van der Waals surface area contributed by atoms with Gasteiger partial charge in [0.2, 0.25) is 5.91 Å². The average molecular weight is 334 g/mol. The lowest BCUT2D eigenvalue weighted by Crippen LogP contribution is -2.33. The summed E-state index contributed by atoms with van der Waals surface area (Å²) in [5.41, 5.74) is 0.289. The van der Waals surface area contributed by atoms with Crippen LogP contribution >= 0.6 is 0 Å². The molecule has 2 amide bonds. The highest BCUT2D eigenvalue weighted by Gasteiger charge is 2.27. The first-order valence-corrected chi connectivity index (χ1v) is 6.63. The van der Waals surface area contributed by atoms with E-state index in [1.165, 1.54) is 31.4 Å². The van der Waals surface area contributed by atoms with Crippen molar-refractivity contribution in [2.24, 2.45) is 0 Å². The first-order valence-electron chi connectivity index (χ1n) is 6.63. The van der Waals surface area contributed by atoms with E-state index in [-0.39, 0.29) is 24.5 Å². The zero-order valence-corrected chi connectivity index (χ0v) is 12.4. The Morgan fingerprint density at radius 2 is 1.96 bits per heavy atom. The van der Waals surface area contributed by atoms with Gasteiger partial charge in [-0.1, -0.05) is 6.07 Å². The van der Waals surface area contributed by atoms with Crippen LogP contribution in [0, 0.1) is 0 Å². The maximum Gasteiger partial charge on any atom is 0.405 e. The number of rotatable bonds is 8. The van der Waals surface area contributed by atoms with Crippen molar-refractivity contribution in [2.45, 2.75) is 6.18 Å². The SMILES string of the molecule is COCCOCC(=O)Nc1cccc(C(=O)NCC(F)(F)F)c1. The maximum absolute atomic E-state index is 12.1. The van der Waals surface area contributed by atoms with Gasteiger partial charge in [-0.2, -0.15) is 13.2 Å². The van der Waals surface area contributed by atoms with Crippen molar-refractivity contribution in [1.82, 2.24) is 5.32 Å². The molecule has 0 spiro atoms. The van der Waals surface area contributed by atoms with Crippen LogP contribution in [0.15, 0.2) is 24.3 Å². The van der Waals surface area contributed by atoms with Crippen LogP contribution in [0.4, 0.5) is 18.9 Å². The van der Waals surface area contributed by atoms with Gasteiger partial charge >= 0.3 is 6.18 Å². The summed E-state index contributed by atoms with van der Waals surface area (Å²) in [6.45, 7) is -1.02. The van der Waals surface area contributed by atoms with Gasteiger partial charge in [0.1, 0.15) is 13.2 Å². The van der Waals surface area contributed by atoms with Crippen LogP contribution in [-0.4, -0.2) is 51.5 Å². The molecule has 0 aliphatic carbocycles. The van der Waals surface area contributed by atoms with Crippen LogP contribution in [-0.2, 0) is 14.3 Å². The summed E-state index contributed by atoms with van der Waals surface area (Å²) in [4.78, 5) is 23.2. The van der Waals surface area contributed by atoms with Gasteiger partial charge in [0.15, 0.2) is 0 Å². The second-order valence-electron chi connectivity index (χ2n) is 4.47. The summed E-state index contributed by atoms with van der Waals surface area (Å²) in [5, 5.41) is 4.23. The molecular formula is C14H17F3N2O4. The monoisotopic (exact) mass is 334 g/mol. The molecule has 0 fully saturated rings. The largest absolute Gasteiger partial charge is 0.405 e. The van der Waals surface area contributed by atoms with Crippen molar-refractivity contribution >= 4 is 17.5 Å². The van der Waals surface area contributed by atoms with Crippen molar-refractivity contribution in [3.63, 3.8) is 0 Å². The number of halogens is 3.